The van der Waals surface area contributed by atoms with Crippen LogP contribution in [0.1, 0.15) is 23.1 Å². The summed E-state index contributed by atoms with van der Waals surface area (Å²) in [5.41, 5.74) is 2.31. The number of hydrogen-bond acceptors (Lipinski definition) is 2. The average Bonchev–Trinajstić information content (AvgIpc) is 2.82. The van der Waals surface area contributed by atoms with Gasteiger partial charge in [0, 0.05) is 6.42 Å². The molecule has 1 saturated heterocycles. The van der Waals surface area contributed by atoms with Gasteiger partial charge >= 0.3 is 6.03 Å². The minimum atomic E-state index is -0.832. The highest BCUT2D eigenvalue weighted by Gasteiger charge is 2.52. The van der Waals surface area contributed by atoms with Crippen LogP contribution in [0.15, 0.2) is 42.5 Å². The zero-order valence-electron chi connectivity index (χ0n) is 13.4. The van der Waals surface area contributed by atoms with Crippen LogP contribution < -0.4 is 5.32 Å². The lowest BCUT2D eigenvalue weighted by atomic mass is 9.78. The molecule has 1 atom stereocenters. The normalized spacial score (nSPS) is 22.2. The summed E-state index contributed by atoms with van der Waals surface area (Å²) in [6.07, 6.45) is 1.93. The van der Waals surface area contributed by atoms with Crippen LogP contribution in [0.4, 0.5) is 4.79 Å². The summed E-state index contributed by atoms with van der Waals surface area (Å²) in [6, 6.07) is 12.9. The van der Waals surface area contributed by atoms with Crippen molar-refractivity contribution >= 4 is 35.1 Å². The van der Waals surface area contributed by atoms with Gasteiger partial charge in [-0.25, -0.2) is 4.79 Å². The van der Waals surface area contributed by atoms with Gasteiger partial charge in [-0.1, -0.05) is 53.5 Å². The lowest BCUT2D eigenvalue weighted by Gasteiger charge is -2.32. The molecule has 1 unspecified atom stereocenters. The van der Waals surface area contributed by atoms with Crippen LogP contribution in [-0.4, -0.2) is 22.4 Å². The predicted molar refractivity (Wildman–Crippen MR) is 96.7 cm³/mol. The number of benzene rings is 2. The Morgan fingerprint density at radius 2 is 1.80 bits per heavy atom. The van der Waals surface area contributed by atoms with Crippen molar-refractivity contribution in [2.45, 2.75) is 31.3 Å². The first-order valence-electron chi connectivity index (χ1n) is 8.13. The largest absolute Gasteiger partial charge is 0.325 e. The second-order valence-corrected chi connectivity index (χ2v) is 7.41. The molecule has 25 heavy (non-hydrogen) atoms. The third-order valence-electron chi connectivity index (χ3n) is 5.00. The van der Waals surface area contributed by atoms with Gasteiger partial charge in [-0.3, -0.25) is 9.69 Å². The number of nitrogens with one attached hydrogen (secondary N) is 1. The van der Waals surface area contributed by atoms with Crippen molar-refractivity contribution in [3.05, 3.63) is 69.2 Å². The number of imide groups is 1. The van der Waals surface area contributed by atoms with Crippen molar-refractivity contribution in [1.29, 1.82) is 0 Å². The Morgan fingerprint density at radius 1 is 1.04 bits per heavy atom. The van der Waals surface area contributed by atoms with E-state index in [1.807, 2.05) is 18.2 Å². The van der Waals surface area contributed by atoms with Crippen LogP contribution in [-0.2, 0) is 24.2 Å². The van der Waals surface area contributed by atoms with E-state index in [-0.39, 0.29) is 18.5 Å². The molecule has 1 aliphatic heterocycles. The molecule has 4 rings (SSSR count). The Morgan fingerprint density at radius 3 is 2.56 bits per heavy atom. The topological polar surface area (TPSA) is 49.4 Å². The van der Waals surface area contributed by atoms with E-state index < -0.39 is 5.54 Å². The SMILES string of the molecule is O=C1NC2(CCc3ccccc3C2)C(=O)N1Cc1ccc(Cl)c(Cl)c1. The second kappa shape index (κ2) is 6.04. The van der Waals surface area contributed by atoms with E-state index in [0.717, 1.165) is 17.5 Å². The molecular formula is C19H16Cl2N2O2. The molecule has 1 heterocycles. The molecule has 2 aromatic carbocycles. The van der Waals surface area contributed by atoms with Gasteiger partial charge in [0.05, 0.1) is 16.6 Å². The summed E-state index contributed by atoms with van der Waals surface area (Å²) >= 11 is 12.0. The maximum atomic E-state index is 13.0. The number of hydrogen-bond donors (Lipinski definition) is 1. The molecule has 0 bridgehead atoms. The van der Waals surface area contributed by atoms with Gasteiger partial charge in [-0.05, 0) is 41.7 Å². The van der Waals surface area contributed by atoms with Crippen molar-refractivity contribution in [2.75, 3.05) is 0 Å². The fourth-order valence-electron chi connectivity index (χ4n) is 3.67. The zero-order valence-corrected chi connectivity index (χ0v) is 14.9. The lowest BCUT2D eigenvalue weighted by Crippen LogP contribution is -2.51. The van der Waals surface area contributed by atoms with Gasteiger partial charge in [0.1, 0.15) is 5.54 Å². The van der Waals surface area contributed by atoms with E-state index in [2.05, 4.69) is 11.4 Å². The second-order valence-electron chi connectivity index (χ2n) is 6.60. The molecule has 0 radical (unpaired) electrons. The third-order valence-corrected chi connectivity index (χ3v) is 5.74. The van der Waals surface area contributed by atoms with E-state index in [9.17, 15) is 9.59 Å². The van der Waals surface area contributed by atoms with E-state index in [1.165, 1.54) is 10.5 Å². The molecule has 128 valence electrons. The lowest BCUT2D eigenvalue weighted by molar-refractivity contribution is -0.132. The number of halogens is 2. The predicted octanol–water partition coefficient (Wildman–Crippen LogP) is 3.97. The fraction of sp³-hybridized carbons (Fsp3) is 0.263. The molecule has 1 fully saturated rings. The summed E-state index contributed by atoms with van der Waals surface area (Å²) in [5.74, 6) is -0.168. The zero-order chi connectivity index (χ0) is 17.6. The molecule has 1 N–H and O–H groups in total. The van der Waals surface area contributed by atoms with E-state index in [1.54, 1.807) is 18.2 Å². The molecule has 2 aliphatic rings. The van der Waals surface area contributed by atoms with Crippen LogP contribution in [0.5, 0.6) is 0 Å². The fourth-order valence-corrected chi connectivity index (χ4v) is 3.99. The standard InChI is InChI=1S/C19H16Cl2N2O2/c20-15-6-5-12(9-16(15)21)11-23-17(24)19(22-18(23)25)8-7-13-3-1-2-4-14(13)10-19/h1-6,9H,7-8,10-11H2,(H,22,25). The quantitative estimate of drug-likeness (QED) is 0.808. The van der Waals surface area contributed by atoms with Crippen LogP contribution >= 0.6 is 23.2 Å². The van der Waals surface area contributed by atoms with Gasteiger partial charge in [0.15, 0.2) is 0 Å². The molecule has 4 nitrogen and oxygen atoms in total. The monoisotopic (exact) mass is 374 g/mol. The first kappa shape index (κ1) is 16.4. The molecule has 3 amide bonds. The highest BCUT2D eigenvalue weighted by Crippen LogP contribution is 2.34. The van der Waals surface area contributed by atoms with E-state index in [0.29, 0.717) is 22.9 Å². The van der Waals surface area contributed by atoms with Gasteiger partial charge in [0.25, 0.3) is 5.91 Å². The maximum Gasteiger partial charge on any atom is 0.325 e. The van der Waals surface area contributed by atoms with E-state index >= 15 is 0 Å². The number of fused-ring (bicyclic) bond motifs is 1. The van der Waals surface area contributed by atoms with Crippen LogP contribution in [0.3, 0.4) is 0 Å². The minimum Gasteiger partial charge on any atom is -0.323 e. The summed E-state index contributed by atoms with van der Waals surface area (Å²) in [4.78, 5) is 26.8. The highest BCUT2D eigenvalue weighted by molar-refractivity contribution is 6.42. The Hall–Kier alpha value is -2.04. The smallest absolute Gasteiger partial charge is 0.323 e. The Bertz CT molecular complexity index is 883. The number of carbonyl (C=O) groups is 2. The van der Waals surface area contributed by atoms with Gasteiger partial charge in [0.2, 0.25) is 0 Å². The molecule has 2 aromatic rings. The Labute approximate surface area is 155 Å². The van der Waals surface area contributed by atoms with E-state index in [4.69, 9.17) is 23.2 Å². The molecule has 1 aliphatic carbocycles. The van der Waals surface area contributed by atoms with Gasteiger partial charge in [-0.15, -0.1) is 0 Å². The molecule has 0 saturated carbocycles. The number of carbonyl (C=O) groups excluding carboxylic acids is 2. The number of aryl methyl sites for hydroxylation is 1. The Kier molecular flexibility index (Phi) is 3.97. The minimum absolute atomic E-state index is 0.168. The first-order valence-corrected chi connectivity index (χ1v) is 8.89. The number of rotatable bonds is 2. The maximum absolute atomic E-state index is 13.0. The number of urea groups is 1. The van der Waals surface area contributed by atoms with Crippen LogP contribution in [0, 0.1) is 0 Å². The summed E-state index contributed by atoms with van der Waals surface area (Å²) in [5, 5.41) is 3.79. The van der Waals surface area contributed by atoms with Crippen LogP contribution in [0.2, 0.25) is 10.0 Å². The molecule has 0 aromatic heterocycles. The summed E-state index contributed by atoms with van der Waals surface area (Å²) in [6.45, 7) is 0.185. The van der Waals surface area contributed by atoms with Crippen molar-refractivity contribution in [3.8, 4) is 0 Å². The van der Waals surface area contributed by atoms with Crippen molar-refractivity contribution in [3.63, 3.8) is 0 Å². The van der Waals surface area contributed by atoms with Crippen molar-refractivity contribution < 1.29 is 9.59 Å². The van der Waals surface area contributed by atoms with Crippen molar-refractivity contribution in [1.82, 2.24) is 10.2 Å². The third kappa shape index (κ3) is 2.79. The van der Waals surface area contributed by atoms with Gasteiger partial charge in [-0.2, -0.15) is 0 Å². The highest BCUT2D eigenvalue weighted by atomic mass is 35.5. The first-order chi connectivity index (χ1) is 12.0. The summed E-state index contributed by atoms with van der Waals surface area (Å²) < 4.78 is 0. The van der Waals surface area contributed by atoms with Crippen LogP contribution in [0.25, 0.3) is 0 Å². The number of nitrogens with zero attached hydrogens (tertiary/aromatic N) is 1. The molecule has 6 heteroatoms. The van der Waals surface area contributed by atoms with Crippen molar-refractivity contribution in [2.24, 2.45) is 0 Å². The summed E-state index contributed by atoms with van der Waals surface area (Å²) in [7, 11) is 0. The Balaban J connectivity index is 1.59. The average molecular weight is 375 g/mol. The molecular weight excluding hydrogens is 359 g/mol. The number of amides is 3. The van der Waals surface area contributed by atoms with Gasteiger partial charge < -0.3 is 5.32 Å². The molecule has 1 spiro atoms.